The number of carbonyl (C=O) groups excluding carboxylic acids is 2. The molecule has 158 valence electrons. The number of benzene rings is 3. The van der Waals surface area contributed by atoms with Crippen LogP contribution < -0.4 is 5.32 Å². The maximum absolute atomic E-state index is 13.3. The zero-order valence-corrected chi connectivity index (χ0v) is 18.0. The first-order valence-corrected chi connectivity index (χ1v) is 10.5. The number of aryl methyl sites for hydroxylation is 1. The van der Waals surface area contributed by atoms with E-state index in [1.807, 2.05) is 87.5 Å². The summed E-state index contributed by atoms with van der Waals surface area (Å²) in [7, 11) is 0. The highest BCUT2D eigenvalue weighted by molar-refractivity contribution is 6.36. The van der Waals surface area contributed by atoms with Crippen molar-refractivity contribution >= 4 is 33.8 Å². The lowest BCUT2D eigenvalue weighted by Crippen LogP contribution is -2.35. The van der Waals surface area contributed by atoms with Gasteiger partial charge >= 0.3 is 0 Å². The molecule has 0 atom stereocenters. The van der Waals surface area contributed by atoms with E-state index >= 15 is 0 Å². The highest BCUT2D eigenvalue weighted by atomic mass is 16.5. The summed E-state index contributed by atoms with van der Waals surface area (Å²) >= 11 is 0. The molecular weight excluding hydrogens is 388 g/mol. The molecule has 0 fully saturated rings. The lowest BCUT2D eigenvalue weighted by Gasteiger charge is -2.16. The van der Waals surface area contributed by atoms with Crippen molar-refractivity contribution in [3.8, 4) is 0 Å². The molecule has 0 unspecified atom stereocenters. The molecule has 4 rings (SSSR count). The zero-order chi connectivity index (χ0) is 22.0. The number of carbonyl (C=O) groups is 2. The Morgan fingerprint density at radius 1 is 0.903 bits per heavy atom. The second-order valence-corrected chi connectivity index (χ2v) is 7.95. The van der Waals surface area contributed by atoms with Crippen molar-refractivity contribution in [3.63, 3.8) is 0 Å². The summed E-state index contributed by atoms with van der Waals surface area (Å²) in [5.74, 6) is -0.634. The van der Waals surface area contributed by atoms with Crippen molar-refractivity contribution < 1.29 is 14.3 Å². The van der Waals surface area contributed by atoms with Gasteiger partial charge in [-0.15, -0.1) is 0 Å². The molecule has 3 aromatic carbocycles. The van der Waals surface area contributed by atoms with E-state index in [1.54, 1.807) is 0 Å². The van der Waals surface area contributed by atoms with Crippen molar-refractivity contribution in [1.82, 2.24) is 4.90 Å². The van der Waals surface area contributed by atoms with Gasteiger partial charge in [0.1, 0.15) is 5.70 Å². The fraction of sp³-hybridized carbons (Fsp3) is 0.231. The van der Waals surface area contributed by atoms with Crippen LogP contribution in [0.15, 0.2) is 72.4 Å². The Hall–Kier alpha value is -3.44. The van der Waals surface area contributed by atoms with Gasteiger partial charge in [-0.1, -0.05) is 66.2 Å². The predicted octanol–water partition coefficient (Wildman–Crippen LogP) is 4.77. The van der Waals surface area contributed by atoms with Gasteiger partial charge in [-0.3, -0.25) is 14.5 Å². The van der Waals surface area contributed by atoms with Crippen molar-refractivity contribution in [2.75, 3.05) is 18.5 Å². The van der Waals surface area contributed by atoms with Crippen molar-refractivity contribution in [1.29, 1.82) is 0 Å². The molecule has 0 aliphatic carbocycles. The molecule has 0 saturated heterocycles. The van der Waals surface area contributed by atoms with Crippen LogP contribution >= 0.6 is 0 Å². The maximum atomic E-state index is 13.3. The molecule has 2 amide bonds. The first-order chi connectivity index (χ1) is 15.0. The molecule has 1 N–H and O–H groups in total. The lowest BCUT2D eigenvalue weighted by atomic mass is 10.0. The Bertz CT molecular complexity index is 1160. The van der Waals surface area contributed by atoms with Gasteiger partial charge in [0, 0.05) is 11.1 Å². The van der Waals surface area contributed by atoms with E-state index in [4.69, 9.17) is 4.74 Å². The first-order valence-electron chi connectivity index (χ1n) is 10.5. The minimum absolute atomic E-state index is 0.0330. The summed E-state index contributed by atoms with van der Waals surface area (Å²) in [6, 6.07) is 21.5. The fourth-order valence-corrected chi connectivity index (χ4v) is 3.73. The molecule has 1 aliphatic heterocycles. The summed E-state index contributed by atoms with van der Waals surface area (Å²) in [5.41, 5.74) is 3.29. The maximum Gasteiger partial charge on any atom is 0.278 e. The molecule has 31 heavy (non-hydrogen) atoms. The van der Waals surface area contributed by atoms with Crippen LogP contribution in [-0.4, -0.2) is 36.0 Å². The van der Waals surface area contributed by atoms with Gasteiger partial charge in [0.2, 0.25) is 0 Å². The van der Waals surface area contributed by atoms with E-state index in [9.17, 15) is 9.59 Å². The Kier molecular flexibility index (Phi) is 5.87. The van der Waals surface area contributed by atoms with E-state index in [0.717, 1.165) is 27.6 Å². The van der Waals surface area contributed by atoms with Crippen LogP contribution in [0.2, 0.25) is 0 Å². The van der Waals surface area contributed by atoms with Crippen LogP contribution in [0.25, 0.3) is 16.3 Å². The number of ether oxygens (including phenoxy) is 1. The Balaban J connectivity index is 1.75. The third-order valence-electron chi connectivity index (χ3n) is 5.32. The quantitative estimate of drug-likeness (QED) is 0.566. The second kappa shape index (κ2) is 8.74. The third kappa shape index (κ3) is 4.23. The average molecular weight is 415 g/mol. The van der Waals surface area contributed by atoms with Gasteiger partial charge in [0.25, 0.3) is 11.8 Å². The molecule has 0 saturated carbocycles. The van der Waals surface area contributed by atoms with Gasteiger partial charge in [0.15, 0.2) is 0 Å². The van der Waals surface area contributed by atoms with Crippen LogP contribution in [0.3, 0.4) is 0 Å². The number of nitrogens with zero attached hydrogens (tertiary/aromatic N) is 1. The SMILES string of the molecule is Cc1ccc(C2=C(Nc3cccc4ccccc34)C(=O)N(CCOC(C)C)C2=O)cc1. The predicted molar refractivity (Wildman–Crippen MR) is 123 cm³/mol. The van der Waals surface area contributed by atoms with Crippen LogP contribution in [0.1, 0.15) is 25.0 Å². The van der Waals surface area contributed by atoms with Crippen molar-refractivity contribution in [2.24, 2.45) is 0 Å². The lowest BCUT2D eigenvalue weighted by molar-refractivity contribution is -0.137. The Morgan fingerprint density at radius 2 is 1.61 bits per heavy atom. The molecule has 1 aliphatic rings. The van der Waals surface area contributed by atoms with Gasteiger partial charge in [-0.25, -0.2) is 0 Å². The van der Waals surface area contributed by atoms with Gasteiger partial charge < -0.3 is 10.1 Å². The Labute approximate surface area is 182 Å². The number of hydrogen-bond donors (Lipinski definition) is 1. The molecule has 1 heterocycles. The normalized spacial score (nSPS) is 14.3. The summed E-state index contributed by atoms with van der Waals surface area (Å²) in [5, 5.41) is 5.33. The molecule has 0 spiro atoms. The van der Waals surface area contributed by atoms with E-state index < -0.39 is 0 Å². The smallest absolute Gasteiger partial charge is 0.278 e. The van der Waals surface area contributed by atoms with Crippen LogP contribution in [0, 0.1) is 6.92 Å². The second-order valence-electron chi connectivity index (χ2n) is 7.95. The number of anilines is 1. The number of imide groups is 1. The first kappa shape index (κ1) is 20.8. The van der Waals surface area contributed by atoms with E-state index in [1.165, 1.54) is 4.90 Å². The number of amides is 2. The molecule has 0 radical (unpaired) electrons. The van der Waals surface area contributed by atoms with Crippen LogP contribution in [0.4, 0.5) is 5.69 Å². The van der Waals surface area contributed by atoms with E-state index in [0.29, 0.717) is 17.9 Å². The molecule has 3 aromatic rings. The largest absolute Gasteiger partial charge is 0.377 e. The fourth-order valence-electron chi connectivity index (χ4n) is 3.73. The summed E-state index contributed by atoms with van der Waals surface area (Å²) in [6.07, 6.45) is 0.0330. The van der Waals surface area contributed by atoms with Crippen molar-refractivity contribution in [3.05, 3.63) is 83.6 Å². The third-order valence-corrected chi connectivity index (χ3v) is 5.32. The van der Waals surface area contributed by atoms with Gasteiger partial charge in [0.05, 0.1) is 24.8 Å². The van der Waals surface area contributed by atoms with E-state index in [-0.39, 0.29) is 24.5 Å². The minimum atomic E-state index is -0.333. The highest BCUT2D eigenvalue weighted by Crippen LogP contribution is 2.32. The molecular formula is C26H26N2O3. The minimum Gasteiger partial charge on any atom is -0.377 e. The molecule has 5 heteroatoms. The van der Waals surface area contributed by atoms with Crippen LogP contribution in [0.5, 0.6) is 0 Å². The summed E-state index contributed by atoms with van der Waals surface area (Å²) in [4.78, 5) is 27.9. The summed E-state index contributed by atoms with van der Waals surface area (Å²) < 4.78 is 5.58. The standard InChI is InChI=1S/C26H26N2O3/c1-17(2)31-16-15-28-25(29)23(20-13-11-18(3)12-14-20)24(26(28)30)27-22-10-6-8-19-7-4-5-9-21(19)22/h4-14,17,27H,15-16H2,1-3H3. The monoisotopic (exact) mass is 414 g/mol. The van der Waals surface area contributed by atoms with Crippen molar-refractivity contribution in [2.45, 2.75) is 26.9 Å². The molecule has 0 bridgehead atoms. The highest BCUT2D eigenvalue weighted by Gasteiger charge is 2.39. The van der Waals surface area contributed by atoms with Crippen LogP contribution in [-0.2, 0) is 14.3 Å². The van der Waals surface area contributed by atoms with E-state index in [2.05, 4.69) is 5.32 Å². The zero-order valence-electron chi connectivity index (χ0n) is 18.0. The molecule has 0 aromatic heterocycles. The Morgan fingerprint density at radius 3 is 2.35 bits per heavy atom. The number of hydrogen-bond acceptors (Lipinski definition) is 4. The average Bonchev–Trinajstić information content (AvgIpc) is 2.99. The molecule has 5 nitrogen and oxygen atoms in total. The number of nitrogens with one attached hydrogen (secondary N) is 1. The number of rotatable bonds is 7. The number of fused-ring (bicyclic) bond motifs is 1. The van der Waals surface area contributed by atoms with Gasteiger partial charge in [-0.2, -0.15) is 0 Å². The topological polar surface area (TPSA) is 58.6 Å². The van der Waals surface area contributed by atoms with Gasteiger partial charge in [-0.05, 0) is 37.8 Å². The summed E-state index contributed by atoms with van der Waals surface area (Å²) in [6.45, 7) is 6.36.